The van der Waals surface area contributed by atoms with Gasteiger partial charge in [0.25, 0.3) is 0 Å². The minimum absolute atomic E-state index is 0.0176. The summed E-state index contributed by atoms with van der Waals surface area (Å²) in [6.45, 7) is 3.13. The van der Waals surface area contributed by atoms with Gasteiger partial charge in [0.2, 0.25) is 5.91 Å². The van der Waals surface area contributed by atoms with Crippen LogP contribution in [0.4, 0.5) is 5.69 Å². The van der Waals surface area contributed by atoms with E-state index in [1.54, 1.807) is 30.3 Å². The van der Waals surface area contributed by atoms with Crippen molar-refractivity contribution in [2.75, 3.05) is 37.7 Å². The molecule has 0 radical (unpaired) electrons. The lowest BCUT2D eigenvalue weighted by molar-refractivity contribution is -0.120. The molecule has 0 aromatic heterocycles. The number of Topliss-reactive ketones (excluding diaryl/α,β-unsaturated/α-hetero) is 1. The molecule has 136 valence electrons. The number of carbonyl (C=O) groups excluding carboxylic acids is 2. The molecule has 1 heterocycles. The number of anilines is 1. The number of amides is 1. The molecule has 0 spiro atoms. The Hall–Kier alpha value is -2.37. The van der Waals surface area contributed by atoms with Gasteiger partial charge in [-0.2, -0.15) is 0 Å². The molecule has 1 aliphatic heterocycles. The van der Waals surface area contributed by atoms with Crippen LogP contribution in [-0.2, 0) is 16.0 Å². The van der Waals surface area contributed by atoms with Gasteiger partial charge >= 0.3 is 0 Å². The Morgan fingerprint density at radius 2 is 1.81 bits per heavy atom. The van der Waals surface area contributed by atoms with E-state index < -0.39 is 0 Å². The summed E-state index contributed by atoms with van der Waals surface area (Å²) in [5.41, 5.74) is 2.48. The number of ether oxygens (including phenoxy) is 1. The van der Waals surface area contributed by atoms with Gasteiger partial charge < -0.3 is 15.0 Å². The first-order valence-electron chi connectivity index (χ1n) is 8.59. The van der Waals surface area contributed by atoms with Gasteiger partial charge in [-0.15, -0.1) is 0 Å². The van der Waals surface area contributed by atoms with Crippen molar-refractivity contribution in [3.05, 3.63) is 64.7 Å². The van der Waals surface area contributed by atoms with E-state index in [9.17, 15) is 9.59 Å². The summed E-state index contributed by atoms with van der Waals surface area (Å²) in [5, 5.41) is 3.26. The Bertz CT molecular complexity index is 771. The third-order valence-electron chi connectivity index (χ3n) is 4.27. The summed E-state index contributed by atoms with van der Waals surface area (Å²) in [7, 11) is 0. The Morgan fingerprint density at radius 3 is 2.50 bits per heavy atom. The van der Waals surface area contributed by atoms with Crippen LogP contribution in [0, 0.1) is 0 Å². The van der Waals surface area contributed by atoms with Crippen LogP contribution in [0.3, 0.4) is 0 Å². The first-order chi connectivity index (χ1) is 12.6. The fraction of sp³-hybridized carbons (Fsp3) is 0.300. The number of hydrogen-bond acceptors (Lipinski definition) is 4. The highest BCUT2D eigenvalue weighted by Gasteiger charge is 2.13. The molecule has 0 aliphatic carbocycles. The number of nitrogens with zero attached hydrogens (tertiary/aromatic N) is 1. The molecule has 5 nitrogen and oxygen atoms in total. The van der Waals surface area contributed by atoms with E-state index in [0.29, 0.717) is 10.6 Å². The zero-order chi connectivity index (χ0) is 18.4. The average Bonchev–Trinajstić information content (AvgIpc) is 2.67. The third-order valence-corrected chi connectivity index (χ3v) is 4.50. The molecule has 2 aromatic rings. The minimum Gasteiger partial charge on any atom is -0.378 e. The second kappa shape index (κ2) is 8.83. The van der Waals surface area contributed by atoms with Crippen LogP contribution in [0.15, 0.2) is 48.5 Å². The summed E-state index contributed by atoms with van der Waals surface area (Å²) in [4.78, 5) is 26.5. The molecule has 1 fully saturated rings. The van der Waals surface area contributed by atoms with Crippen molar-refractivity contribution in [2.45, 2.75) is 6.42 Å². The minimum atomic E-state index is -0.203. The van der Waals surface area contributed by atoms with Crippen LogP contribution in [0.2, 0.25) is 5.02 Å². The van der Waals surface area contributed by atoms with E-state index in [-0.39, 0.29) is 24.7 Å². The van der Waals surface area contributed by atoms with E-state index in [2.05, 4.69) is 10.2 Å². The summed E-state index contributed by atoms with van der Waals surface area (Å²) in [6.07, 6.45) is 0.198. The fourth-order valence-electron chi connectivity index (χ4n) is 2.86. The second-order valence-electron chi connectivity index (χ2n) is 6.15. The molecule has 0 unspecified atom stereocenters. The standard InChI is InChI=1S/C20H21ClN2O3/c21-17-3-1-2-15(12-17)13-20(25)22-14-19(24)16-4-6-18(7-5-16)23-8-10-26-11-9-23/h1-7,12H,8-11,13-14H2,(H,22,25). The molecule has 2 aromatic carbocycles. The van der Waals surface area contributed by atoms with Crippen molar-refractivity contribution in [1.82, 2.24) is 5.32 Å². The number of morpholine rings is 1. The number of halogens is 1. The molecule has 1 saturated heterocycles. The molecular formula is C20H21ClN2O3. The van der Waals surface area contributed by atoms with Crippen molar-refractivity contribution >= 4 is 29.0 Å². The molecule has 0 bridgehead atoms. The second-order valence-corrected chi connectivity index (χ2v) is 6.59. The lowest BCUT2D eigenvalue weighted by atomic mass is 10.1. The highest BCUT2D eigenvalue weighted by atomic mass is 35.5. The zero-order valence-electron chi connectivity index (χ0n) is 14.4. The molecule has 0 saturated carbocycles. The lowest BCUT2D eigenvalue weighted by Crippen LogP contribution is -2.36. The van der Waals surface area contributed by atoms with Gasteiger partial charge in [0.05, 0.1) is 26.2 Å². The summed E-state index contributed by atoms with van der Waals surface area (Å²) in [5.74, 6) is -0.316. The zero-order valence-corrected chi connectivity index (χ0v) is 15.2. The Balaban J connectivity index is 1.50. The van der Waals surface area contributed by atoms with Crippen molar-refractivity contribution in [2.24, 2.45) is 0 Å². The summed E-state index contributed by atoms with van der Waals surface area (Å²) in [6, 6.07) is 14.6. The quantitative estimate of drug-likeness (QED) is 0.792. The van der Waals surface area contributed by atoms with Crippen LogP contribution in [0.25, 0.3) is 0 Å². The Kier molecular flexibility index (Phi) is 6.26. The normalized spacial score (nSPS) is 14.1. The third kappa shape index (κ3) is 5.07. The molecule has 0 atom stereocenters. The average molecular weight is 373 g/mol. The highest BCUT2D eigenvalue weighted by molar-refractivity contribution is 6.30. The van der Waals surface area contributed by atoms with Gasteiger partial charge in [-0.1, -0.05) is 23.7 Å². The molecule has 3 rings (SSSR count). The number of hydrogen-bond donors (Lipinski definition) is 1. The van der Waals surface area contributed by atoms with E-state index in [0.717, 1.165) is 37.6 Å². The smallest absolute Gasteiger partial charge is 0.224 e. The maximum Gasteiger partial charge on any atom is 0.224 e. The van der Waals surface area contributed by atoms with E-state index in [1.165, 1.54) is 0 Å². The molecule has 1 N–H and O–H groups in total. The molecule has 6 heteroatoms. The van der Waals surface area contributed by atoms with Gasteiger partial charge in [-0.25, -0.2) is 0 Å². The lowest BCUT2D eigenvalue weighted by Gasteiger charge is -2.28. The van der Waals surface area contributed by atoms with Gasteiger partial charge in [0, 0.05) is 29.4 Å². The first kappa shape index (κ1) is 18.4. The largest absolute Gasteiger partial charge is 0.378 e. The van der Waals surface area contributed by atoms with E-state index in [1.807, 2.05) is 18.2 Å². The predicted octanol–water partition coefficient (Wildman–Crippen LogP) is 2.72. The van der Waals surface area contributed by atoms with Crippen molar-refractivity contribution in [1.29, 1.82) is 0 Å². The predicted molar refractivity (Wildman–Crippen MR) is 102 cm³/mol. The number of nitrogens with one attached hydrogen (secondary N) is 1. The number of ketones is 1. The van der Waals surface area contributed by atoms with Gasteiger partial charge in [-0.05, 0) is 42.0 Å². The van der Waals surface area contributed by atoms with Crippen LogP contribution in [0.1, 0.15) is 15.9 Å². The van der Waals surface area contributed by atoms with Crippen LogP contribution in [-0.4, -0.2) is 44.5 Å². The van der Waals surface area contributed by atoms with Gasteiger partial charge in [-0.3, -0.25) is 9.59 Å². The van der Waals surface area contributed by atoms with Crippen LogP contribution in [0.5, 0.6) is 0 Å². The van der Waals surface area contributed by atoms with Crippen LogP contribution < -0.4 is 10.2 Å². The molecule has 26 heavy (non-hydrogen) atoms. The SMILES string of the molecule is O=C(Cc1cccc(Cl)c1)NCC(=O)c1ccc(N2CCOCC2)cc1. The van der Waals surface area contributed by atoms with Gasteiger partial charge in [0.15, 0.2) is 5.78 Å². The molecule has 1 amide bonds. The summed E-state index contributed by atoms with van der Waals surface area (Å²) < 4.78 is 5.34. The maximum absolute atomic E-state index is 12.3. The van der Waals surface area contributed by atoms with Crippen molar-refractivity contribution in [3.8, 4) is 0 Å². The Morgan fingerprint density at radius 1 is 1.08 bits per heavy atom. The molecule has 1 aliphatic rings. The fourth-order valence-corrected chi connectivity index (χ4v) is 3.07. The van der Waals surface area contributed by atoms with Crippen molar-refractivity contribution in [3.63, 3.8) is 0 Å². The molecular weight excluding hydrogens is 352 g/mol. The van der Waals surface area contributed by atoms with E-state index in [4.69, 9.17) is 16.3 Å². The number of benzene rings is 2. The monoisotopic (exact) mass is 372 g/mol. The maximum atomic E-state index is 12.3. The van der Waals surface area contributed by atoms with Gasteiger partial charge in [0.1, 0.15) is 0 Å². The first-order valence-corrected chi connectivity index (χ1v) is 8.97. The highest BCUT2D eigenvalue weighted by Crippen LogP contribution is 2.17. The Labute approximate surface area is 157 Å². The number of carbonyl (C=O) groups is 2. The summed E-state index contributed by atoms with van der Waals surface area (Å²) >= 11 is 5.91. The van der Waals surface area contributed by atoms with E-state index >= 15 is 0 Å². The van der Waals surface area contributed by atoms with Crippen LogP contribution >= 0.6 is 11.6 Å². The van der Waals surface area contributed by atoms with Crippen molar-refractivity contribution < 1.29 is 14.3 Å². The topological polar surface area (TPSA) is 58.6 Å². The number of rotatable bonds is 6.